The molecule has 3 aliphatic rings. The molecule has 0 aromatic carbocycles. The molecule has 5 heterocycles. The number of nitrogens with zero attached hydrogens (tertiary/aromatic N) is 3. The molecule has 3 aliphatic heterocycles. The molecule has 0 spiro atoms. The highest BCUT2D eigenvalue weighted by molar-refractivity contribution is 5.96. The van der Waals surface area contributed by atoms with E-state index in [4.69, 9.17) is 14.2 Å². The maximum atomic E-state index is 11.4. The van der Waals surface area contributed by atoms with Gasteiger partial charge in [-0.2, -0.15) is 4.57 Å². The number of pyridine rings is 1. The molecule has 2 saturated heterocycles. The monoisotopic (exact) mass is 331 g/mol. The van der Waals surface area contributed by atoms with E-state index in [1.807, 2.05) is 30.7 Å². The number of carbonyl (C=O) groups is 1. The lowest BCUT2D eigenvalue weighted by Crippen LogP contribution is -2.46. The molecule has 0 unspecified atom stereocenters. The second kappa shape index (κ2) is 4.53. The summed E-state index contributed by atoms with van der Waals surface area (Å²) in [5, 5.41) is 2.84. The van der Waals surface area contributed by atoms with Crippen LogP contribution >= 0.6 is 0 Å². The van der Waals surface area contributed by atoms with Crippen molar-refractivity contribution < 1.29 is 23.6 Å². The molecule has 2 fully saturated rings. The number of amides is 1. The van der Waals surface area contributed by atoms with Crippen molar-refractivity contribution in [3.8, 4) is 0 Å². The summed E-state index contributed by atoms with van der Waals surface area (Å²) >= 11 is 0. The van der Waals surface area contributed by atoms with E-state index in [9.17, 15) is 4.79 Å². The summed E-state index contributed by atoms with van der Waals surface area (Å²) in [7, 11) is 0. The molecule has 8 heteroatoms. The van der Waals surface area contributed by atoms with Crippen molar-refractivity contribution >= 4 is 22.8 Å². The van der Waals surface area contributed by atoms with E-state index >= 15 is 0 Å². The number of ether oxygens (including phenoxy) is 3. The van der Waals surface area contributed by atoms with E-state index in [0.29, 0.717) is 12.2 Å². The van der Waals surface area contributed by atoms with Crippen LogP contribution in [0.25, 0.3) is 11.2 Å². The Morgan fingerprint density at radius 1 is 1.42 bits per heavy atom. The van der Waals surface area contributed by atoms with E-state index in [-0.39, 0.29) is 30.4 Å². The fraction of sp³-hybridized carbons (Fsp3) is 0.562. The summed E-state index contributed by atoms with van der Waals surface area (Å²) in [6.45, 7) is 6.00. The van der Waals surface area contributed by atoms with Gasteiger partial charge < -0.3 is 19.5 Å². The zero-order chi connectivity index (χ0) is 16.6. The summed E-state index contributed by atoms with van der Waals surface area (Å²) in [5.41, 5.74) is 2.37. The van der Waals surface area contributed by atoms with Gasteiger partial charge in [-0.25, -0.2) is 9.55 Å². The second-order valence-corrected chi connectivity index (χ2v) is 7.02. The largest absolute Gasteiger partial charge is 0.341 e. The molecule has 2 aromatic heterocycles. The smallest absolute Gasteiger partial charge is 0.313 e. The third-order valence-electron chi connectivity index (χ3n) is 4.80. The highest BCUT2D eigenvalue weighted by Gasteiger charge is 2.59. The molecular weight excluding hydrogens is 312 g/mol. The van der Waals surface area contributed by atoms with Crippen LogP contribution in [0.5, 0.6) is 0 Å². The molecule has 24 heavy (non-hydrogen) atoms. The Hall–Kier alpha value is -2.03. The number of hydrogen-bond donors (Lipinski definition) is 1. The number of aromatic nitrogens is 3. The standard InChI is InChI=1S/C16H18N4O4/c1-8(21)18-9-4-5-19-6-10-12-13(24-16(2,3)23-12)15(22-10)20-7-17-11(9)14(19)20/h4-5,7,10,12-13,15H,6H2,1-3H3/p+1/t10-,12-,13-,15-/m1/s1. The molecule has 0 saturated carbocycles. The lowest BCUT2D eigenvalue weighted by molar-refractivity contribution is -0.679. The zero-order valence-electron chi connectivity index (χ0n) is 13.7. The number of carbonyl (C=O) groups excluding carboxylic acids is 1. The summed E-state index contributed by atoms with van der Waals surface area (Å²) < 4.78 is 22.4. The quantitative estimate of drug-likeness (QED) is 0.779. The number of fused-ring (bicyclic) bond motifs is 6. The van der Waals surface area contributed by atoms with Gasteiger partial charge in [0.25, 0.3) is 0 Å². The van der Waals surface area contributed by atoms with E-state index in [0.717, 1.165) is 11.2 Å². The van der Waals surface area contributed by atoms with Crippen molar-refractivity contribution in [3.05, 3.63) is 18.6 Å². The average Bonchev–Trinajstić information content (AvgIpc) is 3.09. The first kappa shape index (κ1) is 14.3. The molecule has 8 nitrogen and oxygen atoms in total. The first-order valence-corrected chi connectivity index (χ1v) is 8.11. The Morgan fingerprint density at radius 3 is 3.00 bits per heavy atom. The predicted octanol–water partition coefficient (Wildman–Crippen LogP) is 0.713. The van der Waals surface area contributed by atoms with Crippen LogP contribution < -0.4 is 9.88 Å². The molecule has 0 aliphatic carbocycles. The molecule has 1 amide bonds. The Balaban J connectivity index is 1.65. The van der Waals surface area contributed by atoms with Crippen molar-refractivity contribution in [3.63, 3.8) is 0 Å². The second-order valence-electron chi connectivity index (χ2n) is 7.02. The van der Waals surface area contributed by atoms with E-state index in [1.165, 1.54) is 6.92 Å². The van der Waals surface area contributed by atoms with Crippen LogP contribution in [0.4, 0.5) is 5.69 Å². The molecule has 2 bridgehead atoms. The highest BCUT2D eigenvalue weighted by atomic mass is 16.8. The van der Waals surface area contributed by atoms with Gasteiger partial charge in [0.2, 0.25) is 12.1 Å². The maximum Gasteiger partial charge on any atom is 0.313 e. The molecule has 5 rings (SSSR count). The summed E-state index contributed by atoms with van der Waals surface area (Å²) in [6, 6.07) is 1.87. The fourth-order valence-electron chi connectivity index (χ4n) is 3.99. The predicted molar refractivity (Wildman–Crippen MR) is 82.0 cm³/mol. The van der Waals surface area contributed by atoms with E-state index in [2.05, 4.69) is 14.9 Å². The molecule has 2 aromatic rings. The number of anilines is 1. The van der Waals surface area contributed by atoms with E-state index < -0.39 is 5.79 Å². The average molecular weight is 331 g/mol. The van der Waals surface area contributed by atoms with Gasteiger partial charge in [0, 0.05) is 13.0 Å². The van der Waals surface area contributed by atoms with E-state index in [1.54, 1.807) is 6.33 Å². The minimum absolute atomic E-state index is 0.0820. The van der Waals surface area contributed by atoms with Gasteiger partial charge >= 0.3 is 5.65 Å². The van der Waals surface area contributed by atoms with Crippen LogP contribution in [0, 0.1) is 0 Å². The number of nitrogens with one attached hydrogen (secondary N) is 1. The van der Waals surface area contributed by atoms with Gasteiger partial charge in [-0.15, -0.1) is 0 Å². The van der Waals surface area contributed by atoms with Gasteiger partial charge in [0.05, 0.1) is 11.9 Å². The van der Waals surface area contributed by atoms with Crippen LogP contribution in [0.1, 0.15) is 27.0 Å². The van der Waals surface area contributed by atoms with Crippen LogP contribution in [0.15, 0.2) is 18.6 Å². The van der Waals surface area contributed by atoms with Gasteiger partial charge in [-0.05, 0) is 13.8 Å². The van der Waals surface area contributed by atoms with Crippen LogP contribution in [-0.2, 0) is 25.5 Å². The SMILES string of the molecule is CC(=O)Nc1cc[n+]2c3c1ncn3[C@@H]1O[C@H](C2)[C@H]2OC(C)(C)O[C@H]21. The highest BCUT2D eigenvalue weighted by Crippen LogP contribution is 2.45. The lowest BCUT2D eigenvalue weighted by Gasteiger charge is -2.21. The van der Waals surface area contributed by atoms with Gasteiger partial charge in [-0.3, -0.25) is 4.79 Å². The summed E-state index contributed by atoms with van der Waals surface area (Å²) in [4.78, 5) is 15.9. The van der Waals surface area contributed by atoms with Gasteiger partial charge in [-0.1, -0.05) is 0 Å². The molecule has 0 radical (unpaired) electrons. The van der Waals surface area contributed by atoms with Crippen molar-refractivity contribution in [1.82, 2.24) is 9.55 Å². The molecule has 1 N–H and O–H groups in total. The van der Waals surface area contributed by atoms with Crippen molar-refractivity contribution in [2.24, 2.45) is 0 Å². The maximum absolute atomic E-state index is 11.4. The number of hydrogen-bond acceptors (Lipinski definition) is 5. The molecular formula is C16H19N4O4+. The minimum Gasteiger partial charge on any atom is -0.341 e. The minimum atomic E-state index is -0.613. The first-order chi connectivity index (χ1) is 11.4. The summed E-state index contributed by atoms with van der Waals surface area (Å²) in [6.07, 6.45) is 3.07. The third kappa shape index (κ3) is 1.87. The first-order valence-electron chi connectivity index (χ1n) is 8.11. The Labute approximate surface area is 138 Å². The van der Waals surface area contributed by atoms with Crippen LogP contribution in [0.3, 0.4) is 0 Å². The number of rotatable bonds is 1. The molecule has 126 valence electrons. The van der Waals surface area contributed by atoms with Gasteiger partial charge in [0.15, 0.2) is 23.7 Å². The number of imidazole rings is 1. The molecule has 4 atom stereocenters. The third-order valence-corrected chi connectivity index (χ3v) is 4.80. The van der Waals surface area contributed by atoms with Crippen molar-refractivity contribution in [2.75, 3.05) is 5.32 Å². The fourth-order valence-corrected chi connectivity index (χ4v) is 3.99. The van der Waals surface area contributed by atoms with Crippen LogP contribution in [-0.4, -0.2) is 39.6 Å². The summed E-state index contributed by atoms with van der Waals surface area (Å²) in [5.74, 6) is -0.733. The van der Waals surface area contributed by atoms with Crippen LogP contribution in [0.2, 0.25) is 0 Å². The van der Waals surface area contributed by atoms with Crippen molar-refractivity contribution in [1.29, 1.82) is 0 Å². The zero-order valence-corrected chi connectivity index (χ0v) is 13.7. The van der Waals surface area contributed by atoms with Crippen molar-refractivity contribution in [2.45, 2.75) is 57.6 Å². The lowest BCUT2D eigenvalue weighted by atomic mass is 10.1. The Bertz CT molecular complexity index is 861. The van der Waals surface area contributed by atoms with Gasteiger partial charge in [0.1, 0.15) is 18.8 Å². The normalized spacial score (nSPS) is 32.6. The Morgan fingerprint density at radius 2 is 2.21 bits per heavy atom. The topological polar surface area (TPSA) is 78.5 Å². The Kier molecular flexibility index (Phi) is 2.70.